The number of nitro groups is 2. The van der Waals surface area contributed by atoms with E-state index in [1.807, 2.05) is 0 Å². The first-order valence-electron chi connectivity index (χ1n) is 4.02. The van der Waals surface area contributed by atoms with Crippen LogP contribution >= 0.6 is 0 Å². The minimum Gasteiger partial charge on any atom is -0.412 e. The molecule has 0 saturated carbocycles. The molecule has 20 heavy (non-hydrogen) atoms. The van der Waals surface area contributed by atoms with Crippen molar-refractivity contribution in [1.29, 1.82) is 0 Å². The normalized spacial score (nSPS) is 9.40. The van der Waals surface area contributed by atoms with Gasteiger partial charge in [-0.3, -0.25) is 0 Å². The van der Waals surface area contributed by atoms with Gasteiger partial charge in [-0.2, -0.15) is 0 Å². The van der Waals surface area contributed by atoms with Gasteiger partial charge in [0.1, 0.15) is 0 Å². The molecule has 0 spiro atoms. The van der Waals surface area contributed by atoms with E-state index in [2.05, 4.69) is 20.2 Å². The van der Waals surface area contributed by atoms with Crippen LogP contribution in [0.4, 0.5) is 11.9 Å². The van der Waals surface area contributed by atoms with Crippen molar-refractivity contribution in [2.45, 2.75) is 0 Å². The third kappa shape index (κ3) is 2.54. The average Bonchev–Trinajstić information content (AvgIpc) is 2.82. The highest BCUT2D eigenvalue weighted by Crippen LogP contribution is 2.18. The van der Waals surface area contributed by atoms with Gasteiger partial charge in [0.2, 0.25) is 0 Å². The number of hydrogen-bond acceptors (Lipinski definition) is 10. The molecule has 0 amide bonds. The first kappa shape index (κ1) is 16.6. The zero-order chi connectivity index (χ0) is 13.4. The van der Waals surface area contributed by atoms with E-state index in [0.717, 1.165) is 0 Å². The summed E-state index contributed by atoms with van der Waals surface area (Å²) in [5.41, 5.74) is 0. The topological polar surface area (TPSA) is 251 Å². The fourth-order valence-electron chi connectivity index (χ4n) is 1.02. The average molecular weight is 294 g/mol. The smallest absolute Gasteiger partial charge is 0.412 e. The zero-order valence-electron chi connectivity index (χ0n) is 9.11. The lowest BCUT2D eigenvalue weighted by atomic mass is 10.6. The van der Waals surface area contributed by atoms with Crippen LogP contribution in [-0.2, 0) is 0 Å². The molecule has 0 saturated heterocycles. The molecule has 0 unspecified atom stereocenters. The molecule has 0 aromatic carbocycles. The SMILES string of the molecule is O.O.O=[N+]([O-])c1nc(-c2nc([N+](=O)[O-])nn2O)n(O)n1. The van der Waals surface area contributed by atoms with Crippen LogP contribution in [-0.4, -0.2) is 61.1 Å². The van der Waals surface area contributed by atoms with Crippen molar-refractivity contribution in [2.75, 3.05) is 0 Å². The quantitative estimate of drug-likeness (QED) is 0.333. The van der Waals surface area contributed by atoms with Gasteiger partial charge in [-0.05, 0) is 19.8 Å². The molecule has 16 nitrogen and oxygen atoms in total. The molecule has 0 aliphatic carbocycles. The van der Waals surface area contributed by atoms with Crippen molar-refractivity contribution in [3.8, 4) is 11.6 Å². The number of aromatic nitrogens is 6. The van der Waals surface area contributed by atoms with Crippen LogP contribution in [0.5, 0.6) is 0 Å². The van der Waals surface area contributed by atoms with Gasteiger partial charge in [-0.25, -0.2) is 0 Å². The van der Waals surface area contributed by atoms with Crippen LogP contribution in [0.3, 0.4) is 0 Å². The highest BCUT2D eigenvalue weighted by Gasteiger charge is 2.33. The van der Waals surface area contributed by atoms with E-state index in [9.17, 15) is 30.6 Å². The monoisotopic (exact) mass is 294 g/mol. The molecule has 0 radical (unpaired) electrons. The molecule has 2 aromatic rings. The molecule has 0 aliphatic heterocycles. The van der Waals surface area contributed by atoms with Crippen molar-refractivity contribution >= 4 is 11.9 Å². The maximum Gasteiger partial charge on any atom is 0.494 e. The Morgan fingerprint density at radius 3 is 1.35 bits per heavy atom. The number of hydrogen-bond donors (Lipinski definition) is 2. The third-order valence-electron chi connectivity index (χ3n) is 1.69. The molecule has 110 valence electrons. The Kier molecular flexibility index (Phi) is 4.56. The van der Waals surface area contributed by atoms with Gasteiger partial charge in [-0.1, -0.05) is 0 Å². The first-order chi connectivity index (χ1) is 8.40. The Morgan fingerprint density at radius 1 is 0.850 bits per heavy atom. The van der Waals surface area contributed by atoms with Crippen molar-refractivity contribution < 1.29 is 31.2 Å². The lowest BCUT2D eigenvalue weighted by Gasteiger charge is -1.84. The Morgan fingerprint density at radius 2 is 1.15 bits per heavy atom. The van der Waals surface area contributed by atoms with Gasteiger partial charge in [0.05, 0.1) is 10.2 Å². The molecule has 2 rings (SSSR count). The molecule has 0 fully saturated rings. The number of rotatable bonds is 3. The predicted octanol–water partition coefficient (Wildman–Crippen LogP) is -2.82. The second-order valence-electron chi connectivity index (χ2n) is 2.76. The fraction of sp³-hybridized carbons (Fsp3) is 0. The molecule has 0 aliphatic rings. The Balaban J connectivity index is 0.00000180. The van der Waals surface area contributed by atoms with E-state index in [0.29, 0.717) is 0 Å². The van der Waals surface area contributed by atoms with Gasteiger partial charge in [0, 0.05) is 9.69 Å². The third-order valence-corrected chi connectivity index (χ3v) is 1.69. The van der Waals surface area contributed by atoms with Crippen molar-refractivity contribution in [3.05, 3.63) is 20.2 Å². The molecular weight excluding hydrogens is 288 g/mol. The molecule has 0 atom stereocenters. The highest BCUT2D eigenvalue weighted by atomic mass is 16.6. The summed E-state index contributed by atoms with van der Waals surface area (Å²) < 4.78 is 0. The van der Waals surface area contributed by atoms with Crippen LogP contribution in [0, 0.1) is 20.2 Å². The minimum atomic E-state index is -1.01. The maximum atomic E-state index is 10.3. The van der Waals surface area contributed by atoms with E-state index in [1.165, 1.54) is 0 Å². The Bertz CT molecular complexity index is 589. The standard InChI is InChI=1S/C4H2N8O6.2H2O/c13-9-1(5-3(7-9)11(15)16)2-6-4(12(17)18)8-10(2)14;;/h13-14H;2*1H2. The summed E-state index contributed by atoms with van der Waals surface area (Å²) in [7, 11) is 0. The molecule has 16 heteroatoms. The van der Waals surface area contributed by atoms with Crippen molar-refractivity contribution in [1.82, 2.24) is 29.9 Å². The largest absolute Gasteiger partial charge is 0.494 e. The van der Waals surface area contributed by atoms with E-state index in [1.54, 1.807) is 0 Å². The summed E-state index contributed by atoms with van der Waals surface area (Å²) >= 11 is 0. The molecular formula is C4H6N8O8. The summed E-state index contributed by atoms with van der Waals surface area (Å²) in [4.78, 5) is 25.0. The van der Waals surface area contributed by atoms with Crippen LogP contribution < -0.4 is 0 Å². The van der Waals surface area contributed by atoms with Gasteiger partial charge < -0.3 is 41.6 Å². The van der Waals surface area contributed by atoms with Crippen LogP contribution in [0.1, 0.15) is 0 Å². The van der Waals surface area contributed by atoms with Gasteiger partial charge in [-0.15, -0.1) is 0 Å². The van der Waals surface area contributed by atoms with Gasteiger partial charge in [0.15, 0.2) is 0 Å². The molecule has 2 aromatic heterocycles. The summed E-state index contributed by atoms with van der Waals surface area (Å²) in [5.74, 6) is -3.30. The lowest BCUT2D eigenvalue weighted by molar-refractivity contribution is -0.395. The lowest BCUT2D eigenvalue weighted by Crippen LogP contribution is -2.03. The summed E-state index contributed by atoms with van der Waals surface area (Å²) in [6.45, 7) is 0. The summed E-state index contributed by atoms with van der Waals surface area (Å²) in [5, 5.41) is 45.0. The second-order valence-corrected chi connectivity index (χ2v) is 2.76. The molecule has 0 bridgehead atoms. The van der Waals surface area contributed by atoms with E-state index in [-0.39, 0.29) is 20.6 Å². The Labute approximate surface area is 106 Å². The summed E-state index contributed by atoms with van der Waals surface area (Å²) in [6.07, 6.45) is 0. The fourth-order valence-corrected chi connectivity index (χ4v) is 1.02. The summed E-state index contributed by atoms with van der Waals surface area (Å²) in [6, 6.07) is 0. The molecule has 2 heterocycles. The van der Waals surface area contributed by atoms with E-state index < -0.39 is 33.4 Å². The van der Waals surface area contributed by atoms with Gasteiger partial charge in [0.25, 0.3) is 0 Å². The minimum absolute atomic E-state index is 0. The van der Waals surface area contributed by atoms with E-state index in [4.69, 9.17) is 0 Å². The van der Waals surface area contributed by atoms with Crippen LogP contribution in [0.15, 0.2) is 0 Å². The predicted molar refractivity (Wildman–Crippen MR) is 53.9 cm³/mol. The molecule has 6 N–H and O–H groups in total. The van der Waals surface area contributed by atoms with Gasteiger partial charge >= 0.3 is 23.5 Å². The van der Waals surface area contributed by atoms with Crippen LogP contribution in [0.25, 0.3) is 11.6 Å². The second kappa shape index (κ2) is 5.49. The van der Waals surface area contributed by atoms with Crippen molar-refractivity contribution in [2.24, 2.45) is 0 Å². The number of nitrogens with zero attached hydrogens (tertiary/aromatic N) is 8. The van der Waals surface area contributed by atoms with Crippen LogP contribution in [0.2, 0.25) is 0 Å². The zero-order valence-corrected chi connectivity index (χ0v) is 9.11. The van der Waals surface area contributed by atoms with E-state index >= 15 is 0 Å². The Hall–Kier alpha value is -3.40. The first-order valence-corrected chi connectivity index (χ1v) is 4.02. The highest BCUT2D eigenvalue weighted by molar-refractivity contribution is 5.45. The maximum absolute atomic E-state index is 10.3. The van der Waals surface area contributed by atoms with Crippen molar-refractivity contribution in [3.63, 3.8) is 0 Å².